The Bertz CT molecular complexity index is 917. The number of rotatable bonds is 7. The second-order valence-electron chi connectivity index (χ2n) is 7.86. The molecular formula is C22H27N3O4. The van der Waals surface area contributed by atoms with E-state index >= 15 is 0 Å². The number of hydrogen-bond acceptors (Lipinski definition) is 5. The number of hydrogen-bond donors (Lipinski definition) is 0. The predicted molar refractivity (Wildman–Crippen MR) is 107 cm³/mol. The Morgan fingerprint density at radius 3 is 2.90 bits per heavy atom. The molecule has 2 aliphatic rings. The Balaban J connectivity index is 1.52. The quantitative estimate of drug-likeness (QED) is 0.671. The number of carbonyl (C=O) groups is 2. The minimum absolute atomic E-state index is 0.0440. The highest BCUT2D eigenvalue weighted by atomic mass is 16.5. The fourth-order valence-corrected chi connectivity index (χ4v) is 3.90. The number of ether oxygens (including phenoxy) is 2. The van der Waals surface area contributed by atoms with Crippen LogP contribution in [0.2, 0.25) is 0 Å². The minimum Gasteiger partial charge on any atom is -0.493 e. The third kappa shape index (κ3) is 4.13. The van der Waals surface area contributed by atoms with Gasteiger partial charge in [0.2, 0.25) is 0 Å². The van der Waals surface area contributed by atoms with Gasteiger partial charge in [-0.05, 0) is 56.0 Å². The molecule has 0 radical (unpaired) electrons. The Morgan fingerprint density at radius 1 is 1.34 bits per heavy atom. The Hall–Kier alpha value is -2.83. The molecule has 7 nitrogen and oxygen atoms in total. The van der Waals surface area contributed by atoms with Crippen LogP contribution in [0, 0.1) is 18.8 Å². The van der Waals surface area contributed by atoms with E-state index in [0.717, 1.165) is 35.5 Å². The molecule has 1 aromatic carbocycles. The number of aromatic nitrogens is 2. The molecule has 2 aromatic rings. The lowest BCUT2D eigenvalue weighted by molar-refractivity contribution is -0.145. The molecule has 1 aromatic heterocycles. The van der Waals surface area contributed by atoms with Gasteiger partial charge < -0.3 is 14.4 Å². The summed E-state index contributed by atoms with van der Waals surface area (Å²) in [5, 5.41) is 4.51. The molecule has 0 N–H and O–H groups in total. The van der Waals surface area contributed by atoms with Crippen LogP contribution in [0.25, 0.3) is 0 Å². The van der Waals surface area contributed by atoms with Gasteiger partial charge in [-0.15, -0.1) is 0 Å². The van der Waals surface area contributed by atoms with Crippen LogP contribution in [0.3, 0.4) is 0 Å². The highest BCUT2D eigenvalue weighted by molar-refractivity contribution is 5.94. The molecule has 7 heteroatoms. The Kier molecular flexibility index (Phi) is 5.30. The van der Waals surface area contributed by atoms with Crippen molar-refractivity contribution in [3.8, 4) is 5.75 Å². The van der Waals surface area contributed by atoms with Crippen molar-refractivity contribution >= 4 is 11.9 Å². The molecule has 1 fully saturated rings. The summed E-state index contributed by atoms with van der Waals surface area (Å²) in [6.07, 6.45) is 1.59. The molecule has 2 atom stereocenters. The van der Waals surface area contributed by atoms with Gasteiger partial charge in [-0.1, -0.05) is 0 Å². The molecular weight excluding hydrogens is 370 g/mol. The van der Waals surface area contributed by atoms with Crippen LogP contribution in [0.15, 0.2) is 24.3 Å². The van der Waals surface area contributed by atoms with Crippen LogP contribution in [0.5, 0.6) is 5.75 Å². The summed E-state index contributed by atoms with van der Waals surface area (Å²) in [5.41, 5.74) is 3.60. The van der Waals surface area contributed by atoms with E-state index in [9.17, 15) is 9.59 Å². The van der Waals surface area contributed by atoms with Crippen LogP contribution < -0.4 is 4.74 Å². The highest BCUT2D eigenvalue weighted by Crippen LogP contribution is 2.40. The molecule has 0 saturated heterocycles. The number of fused-ring (bicyclic) bond motifs is 1. The van der Waals surface area contributed by atoms with Crippen molar-refractivity contribution in [2.24, 2.45) is 18.9 Å². The number of esters is 1. The molecule has 29 heavy (non-hydrogen) atoms. The van der Waals surface area contributed by atoms with Gasteiger partial charge >= 0.3 is 5.97 Å². The molecule has 4 rings (SSSR count). The van der Waals surface area contributed by atoms with E-state index < -0.39 is 0 Å². The van der Waals surface area contributed by atoms with E-state index in [1.165, 1.54) is 0 Å². The molecule has 2 heterocycles. The molecule has 0 spiro atoms. The van der Waals surface area contributed by atoms with E-state index in [0.29, 0.717) is 31.9 Å². The van der Waals surface area contributed by atoms with Crippen molar-refractivity contribution < 1.29 is 19.1 Å². The third-order valence-corrected chi connectivity index (χ3v) is 5.71. The Labute approximate surface area is 170 Å². The molecule has 1 saturated carbocycles. The first-order chi connectivity index (χ1) is 14.0. The zero-order valence-electron chi connectivity index (χ0n) is 17.2. The summed E-state index contributed by atoms with van der Waals surface area (Å²) in [5.74, 6) is 0.688. The first-order valence-corrected chi connectivity index (χ1v) is 10.2. The number of nitrogens with zero attached hydrogens (tertiary/aromatic N) is 3. The maximum atomic E-state index is 13.3. The molecule has 1 amide bonds. The van der Waals surface area contributed by atoms with Gasteiger partial charge in [0.05, 0.1) is 31.4 Å². The number of carbonyl (C=O) groups excluding carboxylic acids is 2. The minimum atomic E-state index is -0.159. The van der Waals surface area contributed by atoms with Crippen molar-refractivity contribution in [3.05, 3.63) is 46.8 Å². The summed E-state index contributed by atoms with van der Waals surface area (Å²) >= 11 is 0. The number of amides is 1. The van der Waals surface area contributed by atoms with Crippen LogP contribution in [-0.4, -0.2) is 46.3 Å². The van der Waals surface area contributed by atoms with Crippen molar-refractivity contribution in [1.29, 1.82) is 0 Å². The zero-order valence-corrected chi connectivity index (χ0v) is 17.2. The summed E-state index contributed by atoms with van der Waals surface area (Å²) in [6, 6.07) is 7.61. The first kappa shape index (κ1) is 19.5. The lowest BCUT2D eigenvalue weighted by Crippen LogP contribution is -2.33. The predicted octanol–water partition coefficient (Wildman–Crippen LogP) is 2.51. The lowest BCUT2D eigenvalue weighted by Gasteiger charge is -2.22. The second-order valence-corrected chi connectivity index (χ2v) is 7.86. The number of benzene rings is 1. The van der Waals surface area contributed by atoms with E-state index in [1.54, 1.807) is 0 Å². The van der Waals surface area contributed by atoms with Gasteiger partial charge in [0.1, 0.15) is 5.75 Å². The van der Waals surface area contributed by atoms with Crippen molar-refractivity contribution in [3.63, 3.8) is 0 Å². The maximum absolute atomic E-state index is 13.3. The third-order valence-electron chi connectivity index (χ3n) is 5.71. The summed E-state index contributed by atoms with van der Waals surface area (Å²) < 4.78 is 12.5. The fraction of sp³-hybridized carbons (Fsp3) is 0.500. The largest absolute Gasteiger partial charge is 0.493 e. The monoisotopic (exact) mass is 397 g/mol. The van der Waals surface area contributed by atoms with Gasteiger partial charge in [0, 0.05) is 31.3 Å². The molecule has 154 valence electrons. The summed E-state index contributed by atoms with van der Waals surface area (Å²) in [7, 11) is 1.89. The lowest BCUT2D eigenvalue weighted by atomic mass is 10.1. The SMILES string of the molecule is CCOC(=O)C1CC1CN(Cc1cc(C)n(C)n1)C(=O)c1ccc2c(c1)CCO2. The van der Waals surface area contributed by atoms with E-state index in [1.807, 2.05) is 54.7 Å². The van der Waals surface area contributed by atoms with Crippen molar-refractivity contribution in [2.75, 3.05) is 19.8 Å². The van der Waals surface area contributed by atoms with E-state index in [-0.39, 0.29) is 23.7 Å². The van der Waals surface area contributed by atoms with Gasteiger partial charge in [-0.25, -0.2) is 0 Å². The molecule has 0 bridgehead atoms. The average Bonchev–Trinajstić information content (AvgIpc) is 3.17. The molecule has 1 aliphatic heterocycles. The maximum Gasteiger partial charge on any atom is 0.309 e. The first-order valence-electron chi connectivity index (χ1n) is 10.2. The standard InChI is InChI=1S/C22H27N3O4/c1-4-28-22(27)19-11-17(19)12-25(13-18-9-14(2)24(3)23-18)21(26)16-5-6-20-15(10-16)7-8-29-20/h5-6,9-10,17,19H,4,7-8,11-13H2,1-3H3. The zero-order chi connectivity index (χ0) is 20.5. The summed E-state index contributed by atoms with van der Waals surface area (Å²) in [4.78, 5) is 27.2. The van der Waals surface area contributed by atoms with Crippen molar-refractivity contribution in [2.45, 2.75) is 33.2 Å². The second kappa shape index (κ2) is 7.89. The van der Waals surface area contributed by atoms with Gasteiger partial charge in [0.25, 0.3) is 5.91 Å². The average molecular weight is 397 g/mol. The number of aryl methyl sites for hydroxylation is 2. The van der Waals surface area contributed by atoms with Crippen LogP contribution in [0.4, 0.5) is 0 Å². The van der Waals surface area contributed by atoms with Gasteiger partial charge in [0.15, 0.2) is 0 Å². The van der Waals surface area contributed by atoms with E-state index in [2.05, 4.69) is 5.10 Å². The molecule has 2 unspecified atom stereocenters. The van der Waals surface area contributed by atoms with Gasteiger partial charge in [-0.3, -0.25) is 14.3 Å². The van der Waals surface area contributed by atoms with Crippen molar-refractivity contribution in [1.82, 2.24) is 14.7 Å². The Morgan fingerprint density at radius 2 is 2.17 bits per heavy atom. The highest BCUT2D eigenvalue weighted by Gasteiger charge is 2.45. The normalized spacial score (nSPS) is 19.4. The molecule has 1 aliphatic carbocycles. The van der Waals surface area contributed by atoms with Crippen LogP contribution >= 0.6 is 0 Å². The fourth-order valence-electron chi connectivity index (χ4n) is 3.90. The van der Waals surface area contributed by atoms with Gasteiger partial charge in [-0.2, -0.15) is 5.10 Å². The topological polar surface area (TPSA) is 73.7 Å². The smallest absolute Gasteiger partial charge is 0.309 e. The van der Waals surface area contributed by atoms with Crippen LogP contribution in [-0.2, 0) is 29.5 Å². The van der Waals surface area contributed by atoms with Crippen LogP contribution in [0.1, 0.15) is 40.7 Å². The summed E-state index contributed by atoms with van der Waals surface area (Å²) in [6.45, 7) is 5.78. The van der Waals surface area contributed by atoms with E-state index in [4.69, 9.17) is 9.47 Å².